The van der Waals surface area contributed by atoms with E-state index in [-0.39, 0.29) is 17.2 Å². The molecule has 20 heavy (non-hydrogen) atoms. The molecule has 0 heterocycles. The quantitative estimate of drug-likeness (QED) is 0.804. The maximum Gasteiger partial charge on any atom is 0.224 e. The van der Waals surface area contributed by atoms with Crippen LogP contribution >= 0.6 is 0 Å². The molecular formula is C15H20FN3O. The van der Waals surface area contributed by atoms with Crippen LogP contribution in [0.2, 0.25) is 0 Å². The summed E-state index contributed by atoms with van der Waals surface area (Å²) >= 11 is 0. The van der Waals surface area contributed by atoms with E-state index in [2.05, 4.69) is 12.2 Å². The Labute approximate surface area is 118 Å². The Bertz CT molecular complexity index is 496. The Morgan fingerprint density at radius 3 is 2.80 bits per heavy atom. The van der Waals surface area contributed by atoms with Crippen molar-refractivity contribution in [3.63, 3.8) is 0 Å². The van der Waals surface area contributed by atoms with Gasteiger partial charge in [-0.1, -0.05) is 13.3 Å². The van der Waals surface area contributed by atoms with E-state index in [1.165, 1.54) is 12.1 Å². The molecule has 0 aromatic heterocycles. The van der Waals surface area contributed by atoms with Gasteiger partial charge < -0.3 is 11.1 Å². The average Bonchev–Trinajstić information content (AvgIpc) is 2.45. The number of benzene rings is 1. The number of rotatable bonds is 7. The summed E-state index contributed by atoms with van der Waals surface area (Å²) in [7, 11) is 0. The van der Waals surface area contributed by atoms with Gasteiger partial charge in [0.25, 0.3) is 0 Å². The van der Waals surface area contributed by atoms with Crippen LogP contribution in [0.3, 0.4) is 0 Å². The maximum absolute atomic E-state index is 13.6. The second-order valence-corrected chi connectivity index (χ2v) is 4.74. The number of hydrogen-bond donors (Lipinski definition) is 2. The Hall–Kier alpha value is -1.93. The van der Waals surface area contributed by atoms with E-state index in [1.54, 1.807) is 0 Å². The molecule has 1 aromatic rings. The van der Waals surface area contributed by atoms with Crippen LogP contribution in [0.15, 0.2) is 18.2 Å². The van der Waals surface area contributed by atoms with Crippen molar-refractivity contribution in [1.29, 1.82) is 5.26 Å². The smallest absolute Gasteiger partial charge is 0.224 e. The van der Waals surface area contributed by atoms with Gasteiger partial charge in [-0.25, -0.2) is 4.39 Å². The minimum absolute atomic E-state index is 0.112. The molecule has 1 unspecified atom stereocenters. The van der Waals surface area contributed by atoms with Crippen molar-refractivity contribution in [2.75, 3.05) is 11.9 Å². The number of carbonyl (C=O) groups is 1. The number of nitrogens with zero attached hydrogens (tertiary/aromatic N) is 1. The van der Waals surface area contributed by atoms with E-state index < -0.39 is 5.82 Å². The molecule has 1 rings (SSSR count). The fraction of sp³-hybridized carbons (Fsp3) is 0.467. The van der Waals surface area contributed by atoms with Gasteiger partial charge in [-0.05, 0) is 43.5 Å². The maximum atomic E-state index is 13.6. The standard InChI is InChI=1S/C15H20FN3O/c1-2-11(7-8-17)4-6-15(20)19-14-5-3-12(10-18)9-13(14)16/h3,5,9,11H,2,4,6-8,17H2,1H3,(H,19,20). The van der Waals surface area contributed by atoms with Gasteiger partial charge in [0.05, 0.1) is 17.3 Å². The molecule has 0 fully saturated rings. The molecule has 1 atom stereocenters. The molecule has 1 aromatic carbocycles. The van der Waals surface area contributed by atoms with Gasteiger partial charge in [0, 0.05) is 6.42 Å². The van der Waals surface area contributed by atoms with Crippen LogP contribution in [0, 0.1) is 23.1 Å². The van der Waals surface area contributed by atoms with E-state index in [0.29, 0.717) is 18.9 Å². The van der Waals surface area contributed by atoms with Crippen LogP contribution in [0.25, 0.3) is 0 Å². The van der Waals surface area contributed by atoms with Crippen LogP contribution in [0.5, 0.6) is 0 Å². The van der Waals surface area contributed by atoms with Crippen LogP contribution in [-0.4, -0.2) is 12.5 Å². The lowest BCUT2D eigenvalue weighted by molar-refractivity contribution is -0.116. The third kappa shape index (κ3) is 4.98. The second-order valence-electron chi connectivity index (χ2n) is 4.74. The van der Waals surface area contributed by atoms with Crippen molar-refractivity contribution in [3.05, 3.63) is 29.6 Å². The van der Waals surface area contributed by atoms with Gasteiger partial charge in [-0.3, -0.25) is 4.79 Å². The van der Waals surface area contributed by atoms with Crippen LogP contribution in [0.4, 0.5) is 10.1 Å². The molecule has 0 aliphatic rings. The molecule has 5 heteroatoms. The zero-order chi connectivity index (χ0) is 15.0. The van der Waals surface area contributed by atoms with E-state index in [0.717, 1.165) is 25.3 Å². The monoisotopic (exact) mass is 277 g/mol. The first-order valence-corrected chi connectivity index (χ1v) is 6.80. The third-order valence-electron chi connectivity index (χ3n) is 3.30. The first kappa shape index (κ1) is 16.1. The molecule has 4 nitrogen and oxygen atoms in total. The summed E-state index contributed by atoms with van der Waals surface area (Å²) in [5.41, 5.74) is 5.85. The van der Waals surface area contributed by atoms with Crippen LogP contribution in [0.1, 0.15) is 38.2 Å². The largest absolute Gasteiger partial charge is 0.330 e. The number of nitrogens with two attached hydrogens (primary N) is 1. The highest BCUT2D eigenvalue weighted by molar-refractivity contribution is 5.90. The van der Waals surface area contributed by atoms with Crippen molar-refractivity contribution in [1.82, 2.24) is 0 Å². The third-order valence-corrected chi connectivity index (χ3v) is 3.30. The molecule has 0 spiro atoms. The van der Waals surface area contributed by atoms with Gasteiger partial charge in [-0.15, -0.1) is 0 Å². The van der Waals surface area contributed by atoms with Crippen molar-refractivity contribution in [2.24, 2.45) is 11.7 Å². The SMILES string of the molecule is CCC(CCN)CCC(=O)Nc1ccc(C#N)cc1F. The Kier molecular flexibility index (Phi) is 6.68. The fourth-order valence-electron chi connectivity index (χ4n) is 2.02. The number of hydrogen-bond acceptors (Lipinski definition) is 3. The van der Waals surface area contributed by atoms with Crippen LogP contribution < -0.4 is 11.1 Å². The Morgan fingerprint density at radius 2 is 2.25 bits per heavy atom. The summed E-state index contributed by atoms with van der Waals surface area (Å²) in [5.74, 6) is -0.382. The second kappa shape index (κ2) is 8.28. The molecule has 0 aliphatic carbocycles. The molecule has 1 amide bonds. The molecule has 0 radical (unpaired) electrons. The zero-order valence-electron chi connectivity index (χ0n) is 11.7. The van der Waals surface area contributed by atoms with Crippen molar-refractivity contribution in [3.8, 4) is 6.07 Å². The number of carbonyl (C=O) groups excluding carboxylic acids is 1. The molecular weight excluding hydrogens is 257 g/mol. The topological polar surface area (TPSA) is 78.9 Å². The van der Waals surface area contributed by atoms with Gasteiger partial charge in [-0.2, -0.15) is 5.26 Å². The number of halogens is 1. The van der Waals surface area contributed by atoms with Crippen molar-refractivity contribution in [2.45, 2.75) is 32.6 Å². The lowest BCUT2D eigenvalue weighted by atomic mass is 9.96. The normalized spacial score (nSPS) is 11.7. The van der Waals surface area contributed by atoms with E-state index in [4.69, 9.17) is 11.0 Å². The minimum atomic E-state index is -0.591. The molecule has 0 bridgehead atoms. The van der Waals surface area contributed by atoms with E-state index in [1.807, 2.05) is 6.07 Å². The van der Waals surface area contributed by atoms with Gasteiger partial charge in [0.1, 0.15) is 5.82 Å². The van der Waals surface area contributed by atoms with Gasteiger partial charge >= 0.3 is 0 Å². The summed E-state index contributed by atoms with van der Waals surface area (Å²) < 4.78 is 13.6. The Balaban J connectivity index is 2.52. The summed E-state index contributed by atoms with van der Waals surface area (Å²) in [5, 5.41) is 11.2. The van der Waals surface area contributed by atoms with Gasteiger partial charge in [0.2, 0.25) is 5.91 Å². The predicted octanol–water partition coefficient (Wildman–Crippen LogP) is 2.79. The predicted molar refractivity (Wildman–Crippen MR) is 76.4 cm³/mol. The van der Waals surface area contributed by atoms with Crippen molar-refractivity contribution >= 4 is 11.6 Å². The summed E-state index contributed by atoms with van der Waals surface area (Å²) in [6, 6.07) is 5.84. The summed E-state index contributed by atoms with van der Waals surface area (Å²) in [6.45, 7) is 2.68. The first-order valence-electron chi connectivity index (χ1n) is 6.80. The lowest BCUT2D eigenvalue weighted by Gasteiger charge is -2.13. The number of nitriles is 1. The first-order chi connectivity index (χ1) is 9.60. The molecule has 108 valence electrons. The average molecular weight is 277 g/mol. The molecule has 0 saturated heterocycles. The number of nitrogens with one attached hydrogen (secondary N) is 1. The molecule has 0 saturated carbocycles. The van der Waals surface area contributed by atoms with Crippen molar-refractivity contribution < 1.29 is 9.18 Å². The number of anilines is 1. The number of amides is 1. The highest BCUT2D eigenvalue weighted by atomic mass is 19.1. The van der Waals surface area contributed by atoms with E-state index in [9.17, 15) is 9.18 Å². The zero-order valence-corrected chi connectivity index (χ0v) is 11.7. The lowest BCUT2D eigenvalue weighted by Crippen LogP contribution is -2.15. The van der Waals surface area contributed by atoms with E-state index >= 15 is 0 Å². The fourth-order valence-corrected chi connectivity index (χ4v) is 2.02. The summed E-state index contributed by atoms with van der Waals surface area (Å²) in [4.78, 5) is 11.8. The van der Waals surface area contributed by atoms with Gasteiger partial charge in [0.15, 0.2) is 0 Å². The Morgan fingerprint density at radius 1 is 1.50 bits per heavy atom. The minimum Gasteiger partial charge on any atom is -0.330 e. The highest BCUT2D eigenvalue weighted by Crippen LogP contribution is 2.18. The molecule has 3 N–H and O–H groups in total. The molecule has 0 aliphatic heterocycles. The van der Waals surface area contributed by atoms with Crippen LogP contribution in [-0.2, 0) is 4.79 Å². The summed E-state index contributed by atoms with van der Waals surface area (Å²) in [6.07, 6.45) is 2.97. The highest BCUT2D eigenvalue weighted by Gasteiger charge is 2.11.